The molecular formula is C21H19N5O3S. The van der Waals surface area contributed by atoms with Gasteiger partial charge in [0.25, 0.3) is 0 Å². The van der Waals surface area contributed by atoms with Crippen LogP contribution in [-0.4, -0.2) is 37.6 Å². The van der Waals surface area contributed by atoms with E-state index in [0.29, 0.717) is 0 Å². The first-order chi connectivity index (χ1) is 14.4. The van der Waals surface area contributed by atoms with Gasteiger partial charge < -0.3 is 15.2 Å². The van der Waals surface area contributed by atoms with Crippen molar-refractivity contribution in [2.75, 3.05) is 11.9 Å². The second-order valence-corrected chi connectivity index (χ2v) is 8.26. The van der Waals surface area contributed by atoms with Crippen LogP contribution in [0.1, 0.15) is 13.8 Å². The molecule has 3 heterocycles. The van der Waals surface area contributed by atoms with Crippen molar-refractivity contribution in [3.8, 4) is 17.1 Å². The zero-order chi connectivity index (χ0) is 21.1. The summed E-state index contributed by atoms with van der Waals surface area (Å²) in [6.07, 6.45) is 5.06. The molecule has 0 aliphatic heterocycles. The van der Waals surface area contributed by atoms with Crippen LogP contribution in [0.4, 0.5) is 10.8 Å². The topological polar surface area (TPSA) is 110 Å². The van der Waals surface area contributed by atoms with Crippen LogP contribution in [-0.2, 0) is 4.79 Å². The van der Waals surface area contributed by atoms with Crippen LogP contribution in [0.25, 0.3) is 21.5 Å². The fourth-order valence-electron chi connectivity index (χ4n) is 2.54. The summed E-state index contributed by atoms with van der Waals surface area (Å²) in [5, 5.41) is 13.2. The maximum absolute atomic E-state index is 11.1. The molecule has 0 aliphatic carbocycles. The zero-order valence-corrected chi connectivity index (χ0v) is 17.2. The van der Waals surface area contributed by atoms with Gasteiger partial charge in [-0.25, -0.2) is 19.9 Å². The van der Waals surface area contributed by atoms with Gasteiger partial charge in [-0.3, -0.25) is 4.79 Å². The molecule has 0 amide bonds. The average Bonchev–Trinajstić information content (AvgIpc) is 3.15. The van der Waals surface area contributed by atoms with E-state index >= 15 is 0 Å². The maximum atomic E-state index is 11.1. The Kier molecular flexibility index (Phi) is 5.28. The van der Waals surface area contributed by atoms with Crippen molar-refractivity contribution in [1.29, 1.82) is 0 Å². The Morgan fingerprint density at radius 3 is 2.50 bits per heavy atom. The second-order valence-electron chi connectivity index (χ2n) is 7.28. The van der Waals surface area contributed by atoms with E-state index in [2.05, 4.69) is 25.3 Å². The van der Waals surface area contributed by atoms with Gasteiger partial charge in [-0.1, -0.05) is 23.5 Å². The fraction of sp³-hybridized carbons (Fsp3) is 0.190. The van der Waals surface area contributed by atoms with Gasteiger partial charge in [0.15, 0.2) is 5.13 Å². The van der Waals surface area contributed by atoms with E-state index in [4.69, 9.17) is 9.84 Å². The number of fused-ring (bicyclic) bond motifs is 1. The summed E-state index contributed by atoms with van der Waals surface area (Å²) in [6.45, 7) is 3.16. The monoisotopic (exact) mass is 421 g/mol. The van der Waals surface area contributed by atoms with E-state index in [-0.39, 0.29) is 12.6 Å². The lowest BCUT2D eigenvalue weighted by molar-refractivity contribution is -0.148. The highest BCUT2D eigenvalue weighted by molar-refractivity contribution is 7.21. The third kappa shape index (κ3) is 4.36. The summed E-state index contributed by atoms with van der Waals surface area (Å²) in [6, 6.07) is 11.8. The highest BCUT2D eigenvalue weighted by atomic mass is 32.1. The lowest BCUT2D eigenvalue weighted by atomic mass is 9.95. The molecule has 1 aromatic carbocycles. The molecule has 3 aromatic heterocycles. The highest BCUT2D eigenvalue weighted by Crippen LogP contribution is 2.28. The molecule has 2 N–H and O–H groups in total. The summed E-state index contributed by atoms with van der Waals surface area (Å²) in [7, 11) is 0. The Bertz CT molecular complexity index is 1140. The van der Waals surface area contributed by atoms with Crippen molar-refractivity contribution in [1.82, 2.24) is 19.9 Å². The summed E-state index contributed by atoms with van der Waals surface area (Å²) in [4.78, 5) is 29.2. The number of rotatable bonds is 7. The van der Waals surface area contributed by atoms with Crippen LogP contribution >= 0.6 is 11.3 Å². The predicted octanol–water partition coefficient (Wildman–Crippen LogP) is 4.38. The quantitative estimate of drug-likeness (QED) is 0.452. The molecule has 4 aromatic rings. The number of benzene rings is 1. The summed E-state index contributed by atoms with van der Waals surface area (Å²) in [5.41, 5.74) is 2.55. The molecule has 0 saturated heterocycles. The number of aromatic nitrogens is 4. The van der Waals surface area contributed by atoms with Gasteiger partial charge in [-0.05, 0) is 43.7 Å². The van der Waals surface area contributed by atoms with Crippen LogP contribution < -0.4 is 10.1 Å². The Hall–Kier alpha value is -3.59. The number of hydrogen-bond donors (Lipinski definition) is 2. The van der Waals surface area contributed by atoms with Crippen LogP contribution in [0, 0.1) is 5.41 Å². The largest absolute Gasteiger partial charge is 0.481 e. The van der Waals surface area contributed by atoms with Crippen molar-refractivity contribution in [2.24, 2.45) is 5.41 Å². The summed E-state index contributed by atoms with van der Waals surface area (Å²) >= 11 is 1.50. The normalized spacial score (nSPS) is 11.4. The zero-order valence-electron chi connectivity index (χ0n) is 16.4. The van der Waals surface area contributed by atoms with Gasteiger partial charge in [0.05, 0.1) is 5.41 Å². The van der Waals surface area contributed by atoms with Gasteiger partial charge in [-0.15, -0.1) is 0 Å². The van der Waals surface area contributed by atoms with Gasteiger partial charge in [0.1, 0.15) is 17.0 Å². The molecule has 0 saturated carbocycles. The lowest BCUT2D eigenvalue weighted by Crippen LogP contribution is -2.31. The molecule has 0 aliphatic rings. The number of pyridine rings is 1. The third-order valence-electron chi connectivity index (χ3n) is 4.41. The molecule has 8 nitrogen and oxygen atoms in total. The number of hydrogen-bond acceptors (Lipinski definition) is 8. The Morgan fingerprint density at radius 2 is 1.83 bits per heavy atom. The number of anilines is 2. The lowest BCUT2D eigenvalue weighted by Gasteiger charge is -2.18. The Morgan fingerprint density at radius 1 is 1.10 bits per heavy atom. The smallest absolute Gasteiger partial charge is 0.316 e. The number of nitrogens with zero attached hydrogens (tertiary/aromatic N) is 4. The molecule has 0 radical (unpaired) electrons. The van der Waals surface area contributed by atoms with Crippen LogP contribution in [0.3, 0.4) is 0 Å². The summed E-state index contributed by atoms with van der Waals surface area (Å²) < 4.78 is 5.41. The molecule has 152 valence electrons. The highest BCUT2D eigenvalue weighted by Gasteiger charge is 2.28. The van der Waals surface area contributed by atoms with Crippen LogP contribution in [0.5, 0.6) is 6.01 Å². The van der Waals surface area contributed by atoms with Crippen molar-refractivity contribution < 1.29 is 14.6 Å². The van der Waals surface area contributed by atoms with E-state index < -0.39 is 11.4 Å². The molecule has 9 heteroatoms. The van der Waals surface area contributed by atoms with E-state index in [1.54, 1.807) is 32.4 Å². The average molecular weight is 421 g/mol. The minimum atomic E-state index is -1.01. The first-order valence-corrected chi connectivity index (χ1v) is 10.00. The van der Waals surface area contributed by atoms with Crippen LogP contribution in [0.2, 0.25) is 0 Å². The molecule has 0 atom stereocenters. The summed E-state index contributed by atoms with van der Waals surface area (Å²) in [5.74, 6) is -0.935. The standard InChI is InChI=1S/C21H19N5O3S/c1-21(2,18(27)28)12-29-19-23-10-14(11-24-19)13-5-7-15(8-6-13)25-20-26-16-4-3-9-22-17(16)30-20/h3-11H,12H2,1-2H3,(H,25,26)(H,27,28). The van der Waals surface area contributed by atoms with Gasteiger partial charge >= 0.3 is 12.0 Å². The van der Waals surface area contributed by atoms with Crippen molar-refractivity contribution in [3.05, 3.63) is 55.0 Å². The fourth-order valence-corrected chi connectivity index (χ4v) is 3.37. The SMILES string of the molecule is CC(C)(COc1ncc(-c2ccc(Nc3nc4cccnc4s3)cc2)cn1)C(=O)O. The number of aliphatic carboxylic acids is 1. The van der Waals surface area contributed by atoms with Crippen LogP contribution in [0.15, 0.2) is 55.0 Å². The van der Waals surface area contributed by atoms with Gasteiger partial charge in [0.2, 0.25) is 0 Å². The predicted molar refractivity (Wildman–Crippen MR) is 115 cm³/mol. The number of carboxylic acid groups (broad SMARTS) is 1. The van der Waals surface area contributed by atoms with E-state index in [0.717, 1.165) is 32.3 Å². The Balaban J connectivity index is 1.41. The van der Waals surface area contributed by atoms with E-state index in [9.17, 15) is 4.79 Å². The van der Waals surface area contributed by atoms with Gasteiger partial charge in [0, 0.05) is 29.8 Å². The molecule has 0 unspecified atom stereocenters. The number of nitrogens with one attached hydrogen (secondary N) is 1. The second kappa shape index (κ2) is 8.03. The number of carbonyl (C=O) groups is 1. The minimum absolute atomic E-state index is 0.0106. The van der Waals surface area contributed by atoms with Crippen molar-refractivity contribution in [3.63, 3.8) is 0 Å². The molecule has 30 heavy (non-hydrogen) atoms. The van der Waals surface area contributed by atoms with E-state index in [1.807, 2.05) is 36.4 Å². The first-order valence-electron chi connectivity index (χ1n) is 9.18. The number of ether oxygens (including phenoxy) is 1. The van der Waals surface area contributed by atoms with Crippen molar-refractivity contribution in [2.45, 2.75) is 13.8 Å². The molecular weight excluding hydrogens is 402 g/mol. The number of thiazole rings is 1. The molecule has 0 bridgehead atoms. The molecule has 0 spiro atoms. The molecule has 0 fully saturated rings. The molecule has 4 rings (SSSR count). The van der Waals surface area contributed by atoms with Crippen molar-refractivity contribution >= 4 is 38.5 Å². The Labute approximate surface area is 176 Å². The third-order valence-corrected chi connectivity index (χ3v) is 5.30. The van der Waals surface area contributed by atoms with Gasteiger partial charge in [-0.2, -0.15) is 0 Å². The number of carboxylic acids is 1. The minimum Gasteiger partial charge on any atom is -0.481 e. The maximum Gasteiger partial charge on any atom is 0.316 e. The van der Waals surface area contributed by atoms with E-state index in [1.165, 1.54) is 11.3 Å². The first kappa shape index (κ1) is 19.7.